The van der Waals surface area contributed by atoms with E-state index in [0.29, 0.717) is 6.47 Å². The second kappa shape index (κ2) is 4.14. The minimum atomic E-state index is -0.481. The average Bonchev–Trinajstić information content (AvgIpc) is 2.07. The molecule has 1 unspecified atom stereocenters. The van der Waals surface area contributed by atoms with Crippen molar-refractivity contribution in [1.29, 1.82) is 0 Å². The Balaban J connectivity index is 2.76. The lowest BCUT2D eigenvalue weighted by Gasteiger charge is -2.27. The summed E-state index contributed by atoms with van der Waals surface area (Å²) >= 11 is 0. The Morgan fingerprint density at radius 3 is 3.00 bits per heavy atom. The molecule has 3 heteroatoms. The third-order valence-corrected chi connectivity index (χ3v) is 1.93. The highest BCUT2D eigenvalue weighted by molar-refractivity contribution is 6.42. The Labute approximate surface area is 73.5 Å². The van der Waals surface area contributed by atoms with Crippen molar-refractivity contribution in [3.05, 3.63) is 24.2 Å². The van der Waals surface area contributed by atoms with Gasteiger partial charge < -0.3 is 4.74 Å². The predicted molar refractivity (Wildman–Crippen MR) is 49.0 cm³/mol. The molecule has 0 aromatic heterocycles. The molecule has 0 spiro atoms. The minimum Gasteiger partial charge on any atom is -0.453 e. The highest BCUT2D eigenvalue weighted by Crippen LogP contribution is 2.24. The predicted octanol–water partition coefficient (Wildman–Crippen LogP) is 1.51. The molecule has 1 aliphatic heterocycles. The van der Waals surface area contributed by atoms with Gasteiger partial charge in [-0.3, -0.25) is 4.79 Å². The summed E-state index contributed by atoms with van der Waals surface area (Å²) in [7, 11) is 2.07. The van der Waals surface area contributed by atoms with Crippen molar-refractivity contribution in [3.63, 3.8) is 0 Å². The van der Waals surface area contributed by atoms with Gasteiger partial charge in [-0.1, -0.05) is 18.5 Å². The first-order chi connectivity index (χ1) is 5.83. The van der Waals surface area contributed by atoms with Gasteiger partial charge in [0.1, 0.15) is 12.9 Å². The lowest BCUT2D eigenvalue weighted by Crippen LogP contribution is -2.30. The van der Waals surface area contributed by atoms with Crippen molar-refractivity contribution in [2.75, 3.05) is 0 Å². The van der Waals surface area contributed by atoms with E-state index in [1.165, 1.54) is 0 Å². The monoisotopic (exact) mass is 163 g/mol. The maximum Gasteiger partial charge on any atom is 0.294 e. The van der Waals surface area contributed by atoms with E-state index >= 15 is 0 Å². The molecular weight excluding hydrogens is 151 g/mol. The second-order valence-corrected chi connectivity index (χ2v) is 2.80. The van der Waals surface area contributed by atoms with E-state index in [9.17, 15) is 4.79 Å². The SMILES string of the molecule is CC=CC1(OC=O)C=C[B]CC1. The Hall–Kier alpha value is -0.985. The van der Waals surface area contributed by atoms with Crippen molar-refractivity contribution in [3.8, 4) is 0 Å². The number of rotatable bonds is 3. The van der Waals surface area contributed by atoms with Crippen molar-refractivity contribution < 1.29 is 9.53 Å². The number of ether oxygens (including phenoxy) is 1. The third kappa shape index (κ3) is 2.00. The lowest BCUT2D eigenvalue weighted by molar-refractivity contribution is -0.136. The van der Waals surface area contributed by atoms with Crippen LogP contribution >= 0.6 is 0 Å². The number of carbonyl (C=O) groups is 1. The van der Waals surface area contributed by atoms with E-state index in [-0.39, 0.29) is 0 Å². The first-order valence-corrected chi connectivity index (χ1v) is 4.09. The molecule has 0 N–H and O–H groups in total. The smallest absolute Gasteiger partial charge is 0.294 e. The summed E-state index contributed by atoms with van der Waals surface area (Å²) in [6, 6.07) is 0. The average molecular weight is 163 g/mol. The summed E-state index contributed by atoms with van der Waals surface area (Å²) in [4.78, 5) is 10.3. The number of hydrogen-bond acceptors (Lipinski definition) is 2. The van der Waals surface area contributed by atoms with Gasteiger partial charge in [0.15, 0.2) is 0 Å². The molecule has 1 aliphatic rings. The van der Waals surface area contributed by atoms with Crippen LogP contribution in [-0.4, -0.2) is 19.4 Å². The van der Waals surface area contributed by atoms with E-state index in [1.807, 2.05) is 31.1 Å². The van der Waals surface area contributed by atoms with E-state index in [1.54, 1.807) is 0 Å². The molecule has 0 amide bonds. The Bertz CT molecular complexity index is 211. The second-order valence-electron chi connectivity index (χ2n) is 2.80. The van der Waals surface area contributed by atoms with Crippen molar-refractivity contribution in [2.45, 2.75) is 25.3 Å². The molecule has 2 nitrogen and oxygen atoms in total. The first-order valence-electron chi connectivity index (χ1n) is 4.09. The minimum absolute atomic E-state index is 0.481. The van der Waals surface area contributed by atoms with Gasteiger partial charge in [0, 0.05) is 0 Å². The van der Waals surface area contributed by atoms with Crippen molar-refractivity contribution in [1.82, 2.24) is 0 Å². The fourth-order valence-electron chi connectivity index (χ4n) is 1.37. The standard InChI is InChI=1S/C9H12BO2/c1-2-3-9(12-8-11)4-6-10-7-5-9/h2-4,6,8H,5,7H2,1H3. The van der Waals surface area contributed by atoms with E-state index in [4.69, 9.17) is 4.74 Å². The molecule has 0 aromatic rings. The van der Waals surface area contributed by atoms with E-state index in [2.05, 4.69) is 7.28 Å². The van der Waals surface area contributed by atoms with Gasteiger partial charge in [-0.05, 0) is 19.4 Å². The first kappa shape index (κ1) is 9.11. The number of carbonyl (C=O) groups excluding carboxylic acids is 1. The highest BCUT2D eigenvalue weighted by Gasteiger charge is 2.26. The van der Waals surface area contributed by atoms with Crippen LogP contribution in [-0.2, 0) is 9.53 Å². The molecule has 0 saturated carbocycles. The molecule has 63 valence electrons. The van der Waals surface area contributed by atoms with E-state index < -0.39 is 5.60 Å². The molecule has 1 rings (SSSR count). The third-order valence-electron chi connectivity index (χ3n) is 1.93. The van der Waals surface area contributed by atoms with Gasteiger partial charge in [0.25, 0.3) is 6.47 Å². The summed E-state index contributed by atoms with van der Waals surface area (Å²) in [5.74, 6) is 1.94. The fourth-order valence-corrected chi connectivity index (χ4v) is 1.37. The largest absolute Gasteiger partial charge is 0.453 e. The van der Waals surface area contributed by atoms with Gasteiger partial charge in [0.05, 0.1) is 0 Å². The molecule has 0 aliphatic carbocycles. The van der Waals surface area contributed by atoms with Crippen LogP contribution in [0.1, 0.15) is 13.3 Å². The topological polar surface area (TPSA) is 26.3 Å². The van der Waals surface area contributed by atoms with Crippen LogP contribution in [0, 0.1) is 0 Å². The van der Waals surface area contributed by atoms with Crippen LogP contribution in [0.4, 0.5) is 0 Å². The molecule has 0 fully saturated rings. The van der Waals surface area contributed by atoms with Crippen molar-refractivity contribution >= 4 is 13.8 Å². The van der Waals surface area contributed by atoms with Crippen LogP contribution in [0.5, 0.6) is 0 Å². The fraction of sp³-hybridized carbons (Fsp3) is 0.444. The molecule has 1 heterocycles. The zero-order chi connectivity index (χ0) is 8.86. The van der Waals surface area contributed by atoms with Crippen LogP contribution in [0.3, 0.4) is 0 Å². The normalized spacial score (nSPS) is 28.4. The number of hydrogen-bond donors (Lipinski definition) is 0. The van der Waals surface area contributed by atoms with Crippen molar-refractivity contribution in [2.24, 2.45) is 0 Å². The number of allylic oxidation sites excluding steroid dienone is 1. The van der Waals surface area contributed by atoms with Crippen LogP contribution < -0.4 is 0 Å². The van der Waals surface area contributed by atoms with Crippen LogP contribution in [0.15, 0.2) is 24.2 Å². The zero-order valence-electron chi connectivity index (χ0n) is 7.19. The molecule has 0 saturated heterocycles. The summed E-state index contributed by atoms with van der Waals surface area (Å²) in [5.41, 5.74) is -0.481. The summed E-state index contributed by atoms with van der Waals surface area (Å²) in [6.45, 7) is 2.43. The maximum absolute atomic E-state index is 10.3. The lowest BCUT2D eigenvalue weighted by atomic mass is 9.65. The summed E-state index contributed by atoms with van der Waals surface area (Å²) in [5, 5.41) is 0. The Morgan fingerprint density at radius 1 is 1.67 bits per heavy atom. The van der Waals surface area contributed by atoms with Crippen LogP contribution in [0.25, 0.3) is 0 Å². The van der Waals surface area contributed by atoms with Gasteiger partial charge in [-0.15, -0.1) is 5.98 Å². The molecule has 1 radical (unpaired) electrons. The maximum atomic E-state index is 10.3. The van der Waals surface area contributed by atoms with Gasteiger partial charge in [0.2, 0.25) is 0 Å². The highest BCUT2D eigenvalue weighted by atomic mass is 16.5. The summed E-state index contributed by atoms with van der Waals surface area (Å²) < 4.78 is 5.04. The molecular formula is C9H12BO2. The molecule has 0 aromatic carbocycles. The van der Waals surface area contributed by atoms with Gasteiger partial charge >= 0.3 is 0 Å². The molecule has 12 heavy (non-hydrogen) atoms. The Morgan fingerprint density at radius 2 is 2.50 bits per heavy atom. The van der Waals surface area contributed by atoms with Gasteiger partial charge in [-0.25, -0.2) is 0 Å². The van der Waals surface area contributed by atoms with E-state index in [0.717, 1.165) is 12.7 Å². The van der Waals surface area contributed by atoms with Crippen LogP contribution in [0.2, 0.25) is 6.32 Å². The Kier molecular flexibility index (Phi) is 3.14. The van der Waals surface area contributed by atoms with Gasteiger partial charge in [-0.2, -0.15) is 0 Å². The molecule has 0 bridgehead atoms. The quantitative estimate of drug-likeness (QED) is 0.358. The molecule has 1 atom stereocenters. The zero-order valence-corrected chi connectivity index (χ0v) is 7.19. The summed E-state index contributed by atoms with van der Waals surface area (Å²) in [6.07, 6.45) is 7.51.